The second-order valence-corrected chi connectivity index (χ2v) is 4.75. The third-order valence-corrected chi connectivity index (χ3v) is 3.37. The topological polar surface area (TPSA) is 113 Å². The molecular weight excluding hydrogens is 232 g/mol. The molecule has 0 bridgehead atoms. The first-order valence-corrected chi connectivity index (χ1v) is 6.11. The summed E-state index contributed by atoms with van der Waals surface area (Å²) in [6.07, 6.45) is 4.20. The normalized spacial score (nSPS) is 23.6. The first kappa shape index (κ1) is 11.2. The summed E-state index contributed by atoms with van der Waals surface area (Å²) in [6.45, 7) is 0.779. The number of nitrogens with two attached hydrogens (primary N) is 1. The molecule has 2 atom stereocenters. The number of H-pyrrole nitrogens is 1. The number of rotatable bonds is 3. The van der Waals surface area contributed by atoms with Crippen LogP contribution in [0.2, 0.25) is 0 Å². The van der Waals surface area contributed by atoms with Crippen molar-refractivity contribution >= 4 is 22.9 Å². The van der Waals surface area contributed by atoms with Crippen LogP contribution in [0.25, 0.3) is 11.2 Å². The van der Waals surface area contributed by atoms with Gasteiger partial charge in [-0.1, -0.05) is 0 Å². The summed E-state index contributed by atoms with van der Waals surface area (Å²) in [5.41, 5.74) is 6.97. The number of hydrogen-bond acceptors (Lipinski definition) is 6. The molecule has 0 spiro atoms. The van der Waals surface area contributed by atoms with Gasteiger partial charge in [0.2, 0.25) is 5.95 Å². The number of nitrogens with zero attached hydrogens (tertiary/aromatic N) is 3. The fourth-order valence-electron chi connectivity index (χ4n) is 2.45. The van der Waals surface area contributed by atoms with E-state index in [0.29, 0.717) is 17.4 Å². The number of imidazole rings is 1. The van der Waals surface area contributed by atoms with E-state index < -0.39 is 0 Å². The van der Waals surface area contributed by atoms with Crippen molar-refractivity contribution in [1.29, 1.82) is 0 Å². The van der Waals surface area contributed by atoms with E-state index in [1.807, 2.05) is 0 Å². The minimum absolute atomic E-state index is 0.153. The second-order valence-electron chi connectivity index (χ2n) is 4.75. The van der Waals surface area contributed by atoms with Crippen LogP contribution in [-0.2, 0) is 0 Å². The van der Waals surface area contributed by atoms with E-state index in [2.05, 4.69) is 25.3 Å². The highest BCUT2D eigenvalue weighted by Gasteiger charge is 2.22. The highest BCUT2D eigenvalue weighted by molar-refractivity contribution is 5.83. The highest BCUT2D eigenvalue weighted by Crippen LogP contribution is 2.26. The summed E-state index contributed by atoms with van der Waals surface area (Å²) < 4.78 is 0. The van der Waals surface area contributed by atoms with Crippen molar-refractivity contribution in [3.63, 3.8) is 0 Å². The number of anilines is 2. The molecule has 7 heteroatoms. The summed E-state index contributed by atoms with van der Waals surface area (Å²) >= 11 is 0. The minimum atomic E-state index is -0.153. The molecule has 7 nitrogen and oxygen atoms in total. The van der Waals surface area contributed by atoms with Crippen LogP contribution >= 0.6 is 0 Å². The molecule has 18 heavy (non-hydrogen) atoms. The molecule has 2 unspecified atom stereocenters. The molecule has 0 saturated heterocycles. The predicted molar refractivity (Wildman–Crippen MR) is 67.9 cm³/mol. The van der Waals surface area contributed by atoms with Gasteiger partial charge in [0.1, 0.15) is 5.52 Å². The fourth-order valence-corrected chi connectivity index (χ4v) is 2.45. The van der Waals surface area contributed by atoms with E-state index in [1.165, 1.54) is 0 Å². The largest absolute Gasteiger partial charge is 0.393 e. The van der Waals surface area contributed by atoms with Crippen LogP contribution in [0.5, 0.6) is 0 Å². The molecule has 0 aromatic carbocycles. The Balaban J connectivity index is 1.75. The average Bonchev–Trinajstić information content (AvgIpc) is 2.94. The average molecular weight is 248 g/mol. The Morgan fingerprint density at radius 3 is 3.11 bits per heavy atom. The van der Waals surface area contributed by atoms with E-state index in [0.717, 1.165) is 31.3 Å². The Morgan fingerprint density at radius 2 is 2.33 bits per heavy atom. The quantitative estimate of drug-likeness (QED) is 0.629. The van der Waals surface area contributed by atoms with Crippen LogP contribution < -0.4 is 11.1 Å². The first-order valence-electron chi connectivity index (χ1n) is 6.11. The number of aromatic amines is 1. The standard InChI is InChI=1S/C11H16N6O/c12-11-16-9(8-10(17-11)15-5-14-8)13-4-6-1-2-7(18)3-6/h5-7,18H,1-4H2,(H4,12,13,14,15,16,17). The van der Waals surface area contributed by atoms with Gasteiger partial charge in [0.15, 0.2) is 11.5 Å². The van der Waals surface area contributed by atoms with Gasteiger partial charge in [-0.25, -0.2) is 4.98 Å². The zero-order valence-electron chi connectivity index (χ0n) is 9.93. The Morgan fingerprint density at radius 1 is 1.44 bits per heavy atom. The molecular formula is C11H16N6O. The molecule has 1 aliphatic carbocycles. The lowest BCUT2D eigenvalue weighted by atomic mass is 10.1. The Labute approximate surface area is 104 Å². The van der Waals surface area contributed by atoms with Crippen molar-refractivity contribution in [2.75, 3.05) is 17.6 Å². The predicted octanol–water partition coefficient (Wildman–Crippen LogP) is 0.508. The van der Waals surface area contributed by atoms with Gasteiger partial charge in [0, 0.05) is 6.54 Å². The number of nitrogens with one attached hydrogen (secondary N) is 2. The second kappa shape index (κ2) is 4.41. The summed E-state index contributed by atoms with van der Waals surface area (Å²) in [5.74, 6) is 1.37. The minimum Gasteiger partial charge on any atom is -0.393 e. The van der Waals surface area contributed by atoms with Gasteiger partial charge in [0.05, 0.1) is 12.4 Å². The van der Waals surface area contributed by atoms with E-state index in [-0.39, 0.29) is 12.1 Å². The SMILES string of the molecule is Nc1nc(NCC2CCC(O)C2)c2[nH]cnc2n1. The third-order valence-electron chi connectivity index (χ3n) is 3.37. The lowest BCUT2D eigenvalue weighted by Gasteiger charge is -2.11. The van der Waals surface area contributed by atoms with Crippen molar-refractivity contribution in [2.24, 2.45) is 5.92 Å². The summed E-state index contributed by atoms with van der Waals surface area (Å²) in [7, 11) is 0. The van der Waals surface area contributed by atoms with Gasteiger partial charge in [-0.05, 0) is 25.2 Å². The number of hydrogen-bond donors (Lipinski definition) is 4. The van der Waals surface area contributed by atoms with Gasteiger partial charge in [-0.3, -0.25) is 0 Å². The monoisotopic (exact) mass is 248 g/mol. The Bertz CT molecular complexity index is 553. The van der Waals surface area contributed by atoms with Crippen molar-refractivity contribution < 1.29 is 5.11 Å². The molecule has 0 aliphatic heterocycles. The maximum absolute atomic E-state index is 9.49. The number of aliphatic hydroxyl groups is 1. The molecule has 2 aromatic rings. The molecule has 2 aromatic heterocycles. The maximum Gasteiger partial charge on any atom is 0.224 e. The summed E-state index contributed by atoms with van der Waals surface area (Å²) in [4.78, 5) is 15.3. The van der Waals surface area contributed by atoms with Gasteiger partial charge >= 0.3 is 0 Å². The van der Waals surface area contributed by atoms with Crippen LogP contribution in [0.4, 0.5) is 11.8 Å². The lowest BCUT2D eigenvalue weighted by molar-refractivity contribution is 0.178. The molecule has 96 valence electrons. The Kier molecular flexibility index (Phi) is 2.75. The van der Waals surface area contributed by atoms with Crippen molar-refractivity contribution in [2.45, 2.75) is 25.4 Å². The molecule has 0 radical (unpaired) electrons. The van der Waals surface area contributed by atoms with Gasteiger partial charge in [-0.15, -0.1) is 0 Å². The lowest BCUT2D eigenvalue weighted by Crippen LogP contribution is -2.14. The van der Waals surface area contributed by atoms with E-state index in [1.54, 1.807) is 6.33 Å². The zero-order chi connectivity index (χ0) is 12.5. The number of fused-ring (bicyclic) bond motifs is 1. The smallest absolute Gasteiger partial charge is 0.224 e. The molecule has 2 heterocycles. The van der Waals surface area contributed by atoms with Gasteiger partial charge in [-0.2, -0.15) is 9.97 Å². The molecule has 0 amide bonds. The highest BCUT2D eigenvalue weighted by atomic mass is 16.3. The van der Waals surface area contributed by atoms with E-state index >= 15 is 0 Å². The van der Waals surface area contributed by atoms with E-state index in [9.17, 15) is 5.11 Å². The van der Waals surface area contributed by atoms with Crippen LogP contribution in [0, 0.1) is 5.92 Å². The maximum atomic E-state index is 9.49. The first-order chi connectivity index (χ1) is 8.72. The van der Waals surface area contributed by atoms with Crippen molar-refractivity contribution in [1.82, 2.24) is 19.9 Å². The zero-order valence-corrected chi connectivity index (χ0v) is 9.93. The molecule has 1 saturated carbocycles. The molecule has 3 rings (SSSR count). The molecule has 1 fully saturated rings. The number of aliphatic hydroxyl groups excluding tert-OH is 1. The van der Waals surface area contributed by atoms with Crippen molar-refractivity contribution in [3.05, 3.63) is 6.33 Å². The van der Waals surface area contributed by atoms with Crippen LogP contribution in [0.3, 0.4) is 0 Å². The number of nitrogen functional groups attached to an aromatic ring is 1. The number of aromatic nitrogens is 4. The van der Waals surface area contributed by atoms with Crippen LogP contribution in [0.1, 0.15) is 19.3 Å². The van der Waals surface area contributed by atoms with Crippen LogP contribution in [0.15, 0.2) is 6.33 Å². The summed E-state index contributed by atoms with van der Waals surface area (Å²) in [6, 6.07) is 0. The summed E-state index contributed by atoms with van der Waals surface area (Å²) in [5, 5.41) is 12.8. The third kappa shape index (κ3) is 2.08. The molecule has 5 N–H and O–H groups in total. The van der Waals surface area contributed by atoms with Crippen LogP contribution in [-0.4, -0.2) is 37.7 Å². The Hall–Kier alpha value is -1.89. The van der Waals surface area contributed by atoms with Gasteiger partial charge < -0.3 is 21.1 Å². The van der Waals surface area contributed by atoms with Gasteiger partial charge in [0.25, 0.3) is 0 Å². The van der Waals surface area contributed by atoms with E-state index in [4.69, 9.17) is 5.73 Å². The molecule has 1 aliphatic rings. The van der Waals surface area contributed by atoms with Crippen molar-refractivity contribution in [3.8, 4) is 0 Å². The fraction of sp³-hybridized carbons (Fsp3) is 0.545.